The smallest absolute Gasteiger partial charge is 0.163 e. The maximum Gasteiger partial charge on any atom is 0.163 e. The number of fused-ring (bicyclic) bond motifs is 1. The molecule has 1 saturated heterocycles. The molecule has 4 N–H and O–H groups in total. The Morgan fingerprint density at radius 2 is 1.75 bits per heavy atom. The van der Waals surface area contributed by atoms with Crippen LogP contribution in [0.1, 0.15) is 31.2 Å². The van der Waals surface area contributed by atoms with E-state index in [2.05, 4.69) is 0 Å². The van der Waals surface area contributed by atoms with Crippen molar-refractivity contribution in [3.8, 4) is 5.75 Å². The van der Waals surface area contributed by atoms with Crippen LogP contribution in [-0.4, -0.2) is 62.1 Å². The second-order valence-electron chi connectivity index (χ2n) is 8.40. The average Bonchev–Trinajstić information content (AvgIpc) is 3.13. The van der Waals surface area contributed by atoms with Crippen molar-refractivity contribution < 1.29 is 29.9 Å². The van der Waals surface area contributed by atoms with Gasteiger partial charge in [0, 0.05) is 11.6 Å². The van der Waals surface area contributed by atoms with E-state index in [4.69, 9.17) is 21.1 Å². The Labute approximate surface area is 191 Å². The molecule has 1 aliphatic heterocycles. The van der Waals surface area contributed by atoms with Crippen molar-refractivity contribution in [1.29, 1.82) is 0 Å². The number of hydrogen-bond donors (Lipinski definition) is 4. The SMILES string of the molecule is CC(C)Oc1ccc(Cc2cn([C@@H]3O[C@H](CO)[C@@H](O)[C@H](O)[C@H]3O)c3cccc(Cl)c23)cc1. The van der Waals surface area contributed by atoms with Gasteiger partial charge in [0.1, 0.15) is 30.2 Å². The molecule has 0 spiro atoms. The molecule has 1 fully saturated rings. The number of aliphatic hydroxyl groups excluding tert-OH is 4. The van der Waals surface area contributed by atoms with Gasteiger partial charge in [-0.3, -0.25) is 0 Å². The van der Waals surface area contributed by atoms with Gasteiger partial charge in [0.15, 0.2) is 6.23 Å². The number of halogens is 1. The lowest BCUT2D eigenvalue weighted by Gasteiger charge is -2.40. The molecule has 0 bridgehead atoms. The summed E-state index contributed by atoms with van der Waals surface area (Å²) in [4.78, 5) is 0. The molecule has 4 rings (SSSR count). The van der Waals surface area contributed by atoms with E-state index in [1.807, 2.05) is 50.4 Å². The van der Waals surface area contributed by atoms with Crippen LogP contribution in [-0.2, 0) is 11.2 Å². The van der Waals surface area contributed by atoms with Gasteiger partial charge in [-0.05, 0) is 55.7 Å². The summed E-state index contributed by atoms with van der Waals surface area (Å²) in [5.74, 6) is 0.797. The zero-order chi connectivity index (χ0) is 23.0. The van der Waals surface area contributed by atoms with Crippen LogP contribution in [0.2, 0.25) is 5.02 Å². The quantitative estimate of drug-likeness (QED) is 0.450. The molecule has 5 atom stereocenters. The molecule has 0 aliphatic carbocycles. The molecule has 172 valence electrons. The number of aromatic nitrogens is 1. The van der Waals surface area contributed by atoms with Crippen molar-refractivity contribution >= 4 is 22.5 Å². The van der Waals surface area contributed by atoms with E-state index in [1.165, 1.54) is 0 Å². The topological polar surface area (TPSA) is 104 Å². The fourth-order valence-electron chi connectivity index (χ4n) is 4.18. The van der Waals surface area contributed by atoms with Gasteiger partial charge in [0.05, 0.1) is 23.3 Å². The van der Waals surface area contributed by atoms with Gasteiger partial charge in [0.25, 0.3) is 0 Å². The Kier molecular flexibility index (Phi) is 6.76. The Bertz CT molecular complexity index is 1060. The number of nitrogens with zero attached hydrogens (tertiary/aromatic N) is 1. The molecule has 2 heterocycles. The molecule has 7 nitrogen and oxygen atoms in total. The maximum absolute atomic E-state index is 10.6. The van der Waals surface area contributed by atoms with Gasteiger partial charge in [-0.15, -0.1) is 0 Å². The third-order valence-corrected chi connectivity index (χ3v) is 6.03. The molecule has 32 heavy (non-hydrogen) atoms. The van der Waals surface area contributed by atoms with E-state index >= 15 is 0 Å². The molecule has 2 aromatic carbocycles. The van der Waals surface area contributed by atoms with Crippen molar-refractivity contribution in [2.75, 3.05) is 6.61 Å². The number of hydrogen-bond acceptors (Lipinski definition) is 6. The van der Waals surface area contributed by atoms with Gasteiger partial charge in [-0.25, -0.2) is 0 Å². The van der Waals surface area contributed by atoms with Gasteiger partial charge < -0.3 is 34.5 Å². The van der Waals surface area contributed by atoms with Crippen molar-refractivity contribution in [2.24, 2.45) is 0 Å². The lowest BCUT2D eigenvalue weighted by molar-refractivity contribution is -0.250. The third-order valence-electron chi connectivity index (χ3n) is 5.72. The first-order chi connectivity index (χ1) is 15.3. The third kappa shape index (κ3) is 4.37. The predicted molar refractivity (Wildman–Crippen MR) is 121 cm³/mol. The highest BCUT2D eigenvalue weighted by Gasteiger charge is 2.44. The van der Waals surface area contributed by atoms with Crippen LogP contribution in [0.4, 0.5) is 0 Å². The Balaban J connectivity index is 1.71. The lowest BCUT2D eigenvalue weighted by atomic mass is 9.98. The van der Waals surface area contributed by atoms with E-state index in [-0.39, 0.29) is 6.10 Å². The highest BCUT2D eigenvalue weighted by Crippen LogP contribution is 2.36. The maximum atomic E-state index is 10.6. The minimum atomic E-state index is -1.46. The van der Waals surface area contributed by atoms with Crippen molar-refractivity contribution in [3.05, 3.63) is 64.8 Å². The van der Waals surface area contributed by atoms with E-state index in [0.29, 0.717) is 11.4 Å². The van der Waals surface area contributed by atoms with Gasteiger partial charge >= 0.3 is 0 Å². The van der Waals surface area contributed by atoms with E-state index in [9.17, 15) is 20.4 Å². The lowest BCUT2D eigenvalue weighted by Crippen LogP contribution is -2.56. The monoisotopic (exact) mass is 461 g/mol. The fourth-order valence-corrected chi connectivity index (χ4v) is 4.47. The molecule has 0 amide bonds. The van der Waals surface area contributed by atoms with Crippen LogP contribution in [0, 0.1) is 0 Å². The summed E-state index contributed by atoms with van der Waals surface area (Å²) in [5.41, 5.74) is 2.69. The molecule has 8 heteroatoms. The van der Waals surface area contributed by atoms with Crippen LogP contribution in [0.15, 0.2) is 48.7 Å². The zero-order valence-electron chi connectivity index (χ0n) is 17.9. The standard InChI is InChI=1S/C24H28ClNO6/c1-13(2)31-16-8-6-14(7-9-16)10-15-11-26(18-5-3-4-17(25)20(15)18)24-23(30)22(29)21(28)19(12-27)32-24/h3-9,11,13,19,21-24,27-30H,10,12H2,1-2H3/t19-,21-,22+,23-,24-/m1/s1. The number of ether oxygens (including phenoxy) is 2. The van der Waals surface area contributed by atoms with Gasteiger partial charge in [0.2, 0.25) is 0 Å². The van der Waals surface area contributed by atoms with Crippen LogP contribution >= 0.6 is 11.6 Å². The van der Waals surface area contributed by atoms with Crippen LogP contribution in [0.3, 0.4) is 0 Å². The van der Waals surface area contributed by atoms with Crippen LogP contribution < -0.4 is 4.74 Å². The van der Waals surface area contributed by atoms with Crippen molar-refractivity contribution in [2.45, 2.75) is 57.0 Å². The molecule has 0 unspecified atom stereocenters. The second kappa shape index (κ2) is 9.39. The molecular formula is C24H28ClNO6. The van der Waals surface area contributed by atoms with Crippen molar-refractivity contribution in [1.82, 2.24) is 4.57 Å². The molecule has 3 aromatic rings. The Morgan fingerprint density at radius 1 is 1.03 bits per heavy atom. The van der Waals surface area contributed by atoms with E-state index in [1.54, 1.807) is 16.7 Å². The summed E-state index contributed by atoms with van der Waals surface area (Å²) < 4.78 is 13.2. The zero-order valence-corrected chi connectivity index (χ0v) is 18.7. The number of aliphatic hydroxyl groups is 4. The largest absolute Gasteiger partial charge is 0.491 e. The molecule has 1 aliphatic rings. The van der Waals surface area contributed by atoms with Gasteiger partial charge in [-0.1, -0.05) is 29.8 Å². The molecule has 0 radical (unpaired) electrons. The highest BCUT2D eigenvalue weighted by molar-refractivity contribution is 6.35. The normalized spacial score (nSPS) is 26.1. The minimum absolute atomic E-state index is 0.0937. The summed E-state index contributed by atoms with van der Waals surface area (Å²) in [6.07, 6.45) is -3.75. The van der Waals surface area contributed by atoms with Crippen LogP contribution in [0.5, 0.6) is 5.75 Å². The second-order valence-corrected chi connectivity index (χ2v) is 8.81. The minimum Gasteiger partial charge on any atom is -0.491 e. The highest BCUT2D eigenvalue weighted by atomic mass is 35.5. The first kappa shape index (κ1) is 23.0. The molecule has 1 aromatic heterocycles. The Hall–Kier alpha value is -2.13. The predicted octanol–water partition coefficient (Wildman–Crippen LogP) is 2.65. The van der Waals surface area contributed by atoms with Crippen LogP contribution in [0.25, 0.3) is 10.9 Å². The van der Waals surface area contributed by atoms with Gasteiger partial charge in [-0.2, -0.15) is 0 Å². The summed E-state index contributed by atoms with van der Waals surface area (Å²) >= 11 is 6.54. The summed E-state index contributed by atoms with van der Waals surface area (Å²) in [6.45, 7) is 3.46. The first-order valence-corrected chi connectivity index (χ1v) is 11.0. The van der Waals surface area contributed by atoms with E-state index in [0.717, 1.165) is 27.8 Å². The average molecular weight is 462 g/mol. The summed E-state index contributed by atoms with van der Waals surface area (Å²) in [5, 5.41) is 41.9. The summed E-state index contributed by atoms with van der Waals surface area (Å²) in [7, 11) is 0. The molecular weight excluding hydrogens is 434 g/mol. The number of benzene rings is 2. The summed E-state index contributed by atoms with van der Waals surface area (Å²) in [6, 6.07) is 13.3. The first-order valence-electron chi connectivity index (χ1n) is 10.6. The van der Waals surface area contributed by atoms with E-state index < -0.39 is 37.3 Å². The molecule has 0 saturated carbocycles. The number of rotatable bonds is 6. The Morgan fingerprint density at radius 3 is 2.41 bits per heavy atom. The fraction of sp³-hybridized carbons (Fsp3) is 0.417. The van der Waals surface area contributed by atoms with Crippen molar-refractivity contribution in [3.63, 3.8) is 0 Å².